The van der Waals surface area contributed by atoms with Gasteiger partial charge in [0.2, 0.25) is 0 Å². The SMILES string of the molecule is CC1CCC(OCC2CCC(c3cc(F)c(/C=C/C(F)(F)F)c(F)c3)CC2)CC1. The van der Waals surface area contributed by atoms with Crippen LogP contribution in [0.3, 0.4) is 0 Å². The molecule has 0 spiro atoms. The Labute approximate surface area is 169 Å². The Morgan fingerprint density at radius 2 is 1.52 bits per heavy atom. The van der Waals surface area contributed by atoms with Crippen LogP contribution >= 0.6 is 0 Å². The smallest absolute Gasteiger partial charge is 0.378 e. The molecule has 0 unspecified atom stereocenters. The Bertz CT molecular complexity index is 673. The van der Waals surface area contributed by atoms with Gasteiger partial charge in [-0.1, -0.05) is 6.92 Å². The zero-order valence-electron chi connectivity index (χ0n) is 16.8. The predicted octanol–water partition coefficient (Wildman–Crippen LogP) is 7.41. The third-order valence-corrected chi connectivity index (χ3v) is 6.39. The third-order valence-electron chi connectivity index (χ3n) is 6.39. The first kappa shape index (κ1) is 22.3. The summed E-state index contributed by atoms with van der Waals surface area (Å²) < 4.78 is 71.3. The molecule has 0 atom stereocenters. The number of alkyl halides is 3. The van der Waals surface area contributed by atoms with Gasteiger partial charge in [-0.15, -0.1) is 0 Å². The molecule has 0 N–H and O–H groups in total. The third kappa shape index (κ3) is 6.53. The van der Waals surface area contributed by atoms with Crippen molar-refractivity contribution in [2.45, 2.75) is 76.5 Å². The molecule has 0 heterocycles. The number of halogens is 5. The second-order valence-electron chi connectivity index (χ2n) is 8.71. The van der Waals surface area contributed by atoms with Crippen molar-refractivity contribution in [3.63, 3.8) is 0 Å². The van der Waals surface area contributed by atoms with E-state index in [0.717, 1.165) is 51.0 Å². The molecule has 29 heavy (non-hydrogen) atoms. The molecule has 0 amide bonds. The van der Waals surface area contributed by atoms with Gasteiger partial charge in [0.15, 0.2) is 0 Å². The number of ether oxygens (including phenoxy) is 1. The van der Waals surface area contributed by atoms with Crippen molar-refractivity contribution in [2.75, 3.05) is 6.61 Å². The highest BCUT2D eigenvalue weighted by molar-refractivity contribution is 5.52. The average molecular weight is 416 g/mol. The lowest BCUT2D eigenvalue weighted by molar-refractivity contribution is -0.0790. The van der Waals surface area contributed by atoms with Crippen LogP contribution in [0.25, 0.3) is 6.08 Å². The number of benzene rings is 1. The van der Waals surface area contributed by atoms with Crippen molar-refractivity contribution in [3.05, 3.63) is 41.0 Å². The molecule has 162 valence electrons. The van der Waals surface area contributed by atoms with Crippen LogP contribution < -0.4 is 0 Å². The maximum absolute atomic E-state index is 14.2. The van der Waals surface area contributed by atoms with Crippen molar-refractivity contribution >= 4 is 6.08 Å². The minimum atomic E-state index is -4.60. The van der Waals surface area contributed by atoms with Gasteiger partial charge in [-0.3, -0.25) is 0 Å². The van der Waals surface area contributed by atoms with Crippen LogP contribution in [0.1, 0.15) is 75.3 Å². The van der Waals surface area contributed by atoms with Crippen molar-refractivity contribution in [2.24, 2.45) is 11.8 Å². The van der Waals surface area contributed by atoms with Crippen molar-refractivity contribution in [1.82, 2.24) is 0 Å². The van der Waals surface area contributed by atoms with Gasteiger partial charge in [-0.05, 0) is 92.9 Å². The van der Waals surface area contributed by atoms with Crippen molar-refractivity contribution in [1.29, 1.82) is 0 Å². The minimum absolute atomic E-state index is 0.0337. The number of rotatable bonds is 5. The maximum Gasteiger partial charge on any atom is 0.409 e. The first-order valence-electron chi connectivity index (χ1n) is 10.6. The van der Waals surface area contributed by atoms with E-state index in [4.69, 9.17) is 4.74 Å². The highest BCUT2D eigenvalue weighted by Gasteiger charge is 2.27. The van der Waals surface area contributed by atoms with Gasteiger partial charge in [0.05, 0.1) is 6.10 Å². The quantitative estimate of drug-likeness (QED) is 0.454. The molecule has 3 rings (SSSR count). The fraction of sp³-hybridized carbons (Fsp3) is 0.652. The first-order chi connectivity index (χ1) is 13.7. The zero-order valence-corrected chi connectivity index (χ0v) is 16.8. The molecule has 0 aliphatic heterocycles. The minimum Gasteiger partial charge on any atom is -0.378 e. The van der Waals surface area contributed by atoms with Crippen LogP contribution in [-0.4, -0.2) is 18.9 Å². The second-order valence-corrected chi connectivity index (χ2v) is 8.71. The summed E-state index contributed by atoms with van der Waals surface area (Å²) in [6.07, 6.45) is 4.27. The van der Waals surface area contributed by atoms with E-state index in [1.54, 1.807) is 0 Å². The Morgan fingerprint density at radius 1 is 0.931 bits per heavy atom. The van der Waals surface area contributed by atoms with E-state index >= 15 is 0 Å². The molecule has 0 bridgehead atoms. The molecule has 1 nitrogen and oxygen atoms in total. The van der Waals surface area contributed by atoms with Gasteiger partial charge in [-0.25, -0.2) is 8.78 Å². The van der Waals surface area contributed by atoms with E-state index in [9.17, 15) is 22.0 Å². The zero-order chi connectivity index (χ0) is 21.0. The van der Waals surface area contributed by atoms with E-state index in [0.29, 0.717) is 23.7 Å². The van der Waals surface area contributed by atoms with Gasteiger partial charge in [0, 0.05) is 18.2 Å². The van der Waals surface area contributed by atoms with Crippen LogP contribution in [0.2, 0.25) is 0 Å². The molecule has 2 aliphatic rings. The van der Waals surface area contributed by atoms with E-state index in [-0.39, 0.29) is 12.0 Å². The Balaban J connectivity index is 1.52. The lowest BCUT2D eigenvalue weighted by Gasteiger charge is -2.31. The lowest BCUT2D eigenvalue weighted by atomic mass is 9.78. The first-order valence-corrected chi connectivity index (χ1v) is 10.6. The van der Waals surface area contributed by atoms with Crippen LogP contribution in [0.4, 0.5) is 22.0 Å². The van der Waals surface area contributed by atoms with Gasteiger partial charge < -0.3 is 4.74 Å². The predicted molar refractivity (Wildman–Crippen MR) is 104 cm³/mol. The van der Waals surface area contributed by atoms with Gasteiger partial charge in [0.1, 0.15) is 11.6 Å². The lowest BCUT2D eigenvalue weighted by Crippen LogP contribution is -2.25. The second kappa shape index (κ2) is 9.59. The summed E-state index contributed by atoms with van der Waals surface area (Å²) >= 11 is 0. The van der Waals surface area contributed by atoms with Crippen molar-refractivity contribution in [3.8, 4) is 0 Å². The van der Waals surface area contributed by atoms with Gasteiger partial charge >= 0.3 is 6.18 Å². The average Bonchev–Trinajstić information content (AvgIpc) is 2.66. The maximum atomic E-state index is 14.2. The Morgan fingerprint density at radius 3 is 2.07 bits per heavy atom. The summed E-state index contributed by atoms with van der Waals surface area (Å²) in [7, 11) is 0. The molecular formula is C23H29F5O. The summed E-state index contributed by atoms with van der Waals surface area (Å²) in [5.74, 6) is -0.600. The van der Waals surface area contributed by atoms with Crippen LogP contribution in [0.15, 0.2) is 18.2 Å². The molecule has 6 heteroatoms. The normalized spacial score (nSPS) is 28.8. The van der Waals surface area contributed by atoms with E-state index in [1.165, 1.54) is 25.0 Å². The fourth-order valence-electron chi connectivity index (χ4n) is 4.51. The number of allylic oxidation sites excluding steroid dienone is 1. The molecule has 2 saturated carbocycles. The molecule has 1 aromatic rings. The van der Waals surface area contributed by atoms with Crippen LogP contribution in [-0.2, 0) is 4.74 Å². The molecular weight excluding hydrogens is 387 g/mol. The molecule has 0 saturated heterocycles. The highest BCUT2D eigenvalue weighted by atomic mass is 19.4. The highest BCUT2D eigenvalue weighted by Crippen LogP contribution is 2.38. The molecule has 1 aromatic carbocycles. The number of hydrogen-bond acceptors (Lipinski definition) is 1. The van der Waals surface area contributed by atoms with E-state index in [1.807, 2.05) is 0 Å². The molecule has 2 aliphatic carbocycles. The van der Waals surface area contributed by atoms with Gasteiger partial charge in [-0.2, -0.15) is 13.2 Å². The molecule has 0 aromatic heterocycles. The molecule has 2 fully saturated rings. The number of hydrogen-bond donors (Lipinski definition) is 0. The van der Waals surface area contributed by atoms with Crippen LogP contribution in [0, 0.1) is 23.5 Å². The monoisotopic (exact) mass is 416 g/mol. The Kier molecular flexibility index (Phi) is 7.36. The summed E-state index contributed by atoms with van der Waals surface area (Å²) in [4.78, 5) is 0. The summed E-state index contributed by atoms with van der Waals surface area (Å²) in [6.45, 7) is 3.03. The van der Waals surface area contributed by atoms with E-state index in [2.05, 4.69) is 6.92 Å². The van der Waals surface area contributed by atoms with Crippen molar-refractivity contribution < 1.29 is 26.7 Å². The standard InChI is InChI=1S/C23H29F5O/c1-15-2-8-19(9-3-15)29-14-16-4-6-17(7-5-16)18-12-21(24)20(22(25)13-18)10-11-23(26,27)28/h10-13,15-17,19H,2-9,14H2,1H3/b11-10+. The summed E-state index contributed by atoms with van der Waals surface area (Å²) in [5, 5.41) is 0. The summed E-state index contributed by atoms with van der Waals surface area (Å²) in [5.41, 5.74) is -0.111. The molecule has 0 radical (unpaired) electrons. The van der Waals surface area contributed by atoms with Crippen LogP contribution in [0.5, 0.6) is 0 Å². The summed E-state index contributed by atoms with van der Waals surface area (Å²) in [6, 6.07) is 2.37. The van der Waals surface area contributed by atoms with Gasteiger partial charge in [0.25, 0.3) is 0 Å². The van der Waals surface area contributed by atoms with E-state index < -0.39 is 23.4 Å². The Hall–Kier alpha value is -1.43. The topological polar surface area (TPSA) is 9.23 Å². The fourth-order valence-corrected chi connectivity index (χ4v) is 4.51. The largest absolute Gasteiger partial charge is 0.409 e.